The molecule has 0 bridgehead atoms. The summed E-state index contributed by atoms with van der Waals surface area (Å²) in [6.45, 7) is 3.06. The van der Waals surface area contributed by atoms with E-state index in [4.69, 9.17) is 23.2 Å². The van der Waals surface area contributed by atoms with E-state index < -0.39 is 0 Å². The fraction of sp³-hybridized carbons (Fsp3) is 0.286. The third-order valence-electron chi connectivity index (χ3n) is 2.82. The molecule has 1 heterocycles. The zero-order valence-corrected chi connectivity index (χ0v) is 16.2. The Hall–Kier alpha value is 0.420. The van der Waals surface area contributed by atoms with Crippen molar-refractivity contribution in [2.45, 2.75) is 19.4 Å². The SMILES string of the molecule is CCCNC(c1cc(Cl)c(Br)s1)c1cc(Br)ccc1Cl. The van der Waals surface area contributed by atoms with Crippen molar-refractivity contribution < 1.29 is 0 Å². The van der Waals surface area contributed by atoms with Crippen molar-refractivity contribution >= 4 is 66.4 Å². The summed E-state index contributed by atoms with van der Waals surface area (Å²) in [5.41, 5.74) is 1.06. The van der Waals surface area contributed by atoms with Gasteiger partial charge in [0.05, 0.1) is 14.9 Å². The number of thiophene rings is 1. The molecule has 0 fully saturated rings. The Morgan fingerprint density at radius 1 is 1.20 bits per heavy atom. The molecule has 1 nitrogen and oxygen atoms in total. The average molecular weight is 458 g/mol. The second-order valence-electron chi connectivity index (χ2n) is 4.32. The van der Waals surface area contributed by atoms with Gasteiger partial charge in [-0.3, -0.25) is 0 Å². The standard InChI is InChI=1S/C14H13Br2Cl2NS/c1-2-5-19-13(12-7-11(18)14(16)20-12)9-6-8(15)3-4-10(9)17/h3-4,6-7,13,19H,2,5H2,1H3. The molecule has 108 valence electrons. The van der Waals surface area contributed by atoms with Gasteiger partial charge in [0, 0.05) is 14.4 Å². The Bertz CT molecular complexity index is 581. The summed E-state index contributed by atoms with van der Waals surface area (Å²) in [5, 5.41) is 5.02. The number of hydrogen-bond donors (Lipinski definition) is 1. The van der Waals surface area contributed by atoms with Crippen LogP contribution in [0, 0.1) is 0 Å². The van der Waals surface area contributed by atoms with Crippen molar-refractivity contribution in [3.05, 3.63) is 53.0 Å². The first-order valence-corrected chi connectivity index (χ1v) is 9.31. The van der Waals surface area contributed by atoms with Gasteiger partial charge in [0.2, 0.25) is 0 Å². The molecule has 0 spiro atoms. The lowest BCUT2D eigenvalue weighted by molar-refractivity contribution is 0.606. The van der Waals surface area contributed by atoms with Gasteiger partial charge >= 0.3 is 0 Å². The second-order valence-corrected chi connectivity index (χ2v) is 8.46. The van der Waals surface area contributed by atoms with Crippen LogP contribution in [0.2, 0.25) is 10.0 Å². The molecule has 0 aliphatic rings. The minimum absolute atomic E-state index is 0.0498. The van der Waals surface area contributed by atoms with Gasteiger partial charge in [-0.15, -0.1) is 11.3 Å². The van der Waals surface area contributed by atoms with Crippen molar-refractivity contribution in [2.75, 3.05) is 6.54 Å². The Balaban J connectivity index is 2.43. The minimum Gasteiger partial charge on any atom is -0.306 e. The zero-order valence-electron chi connectivity index (χ0n) is 10.7. The molecule has 0 aliphatic carbocycles. The summed E-state index contributed by atoms with van der Waals surface area (Å²) in [4.78, 5) is 1.15. The highest BCUT2D eigenvalue weighted by atomic mass is 79.9. The summed E-state index contributed by atoms with van der Waals surface area (Å²) in [7, 11) is 0. The topological polar surface area (TPSA) is 12.0 Å². The molecule has 2 rings (SSSR count). The molecular formula is C14H13Br2Cl2NS. The van der Waals surface area contributed by atoms with Crippen LogP contribution in [0.4, 0.5) is 0 Å². The van der Waals surface area contributed by atoms with E-state index in [9.17, 15) is 0 Å². The molecule has 2 aromatic rings. The third kappa shape index (κ3) is 3.99. The summed E-state index contributed by atoms with van der Waals surface area (Å²) in [6.07, 6.45) is 1.06. The highest BCUT2D eigenvalue weighted by Gasteiger charge is 2.20. The maximum absolute atomic E-state index is 6.37. The molecule has 0 radical (unpaired) electrons. The first-order chi connectivity index (χ1) is 9.52. The predicted molar refractivity (Wildman–Crippen MR) is 96.3 cm³/mol. The lowest BCUT2D eigenvalue weighted by atomic mass is 10.1. The van der Waals surface area contributed by atoms with E-state index >= 15 is 0 Å². The molecule has 1 aromatic carbocycles. The van der Waals surface area contributed by atoms with E-state index in [-0.39, 0.29) is 6.04 Å². The van der Waals surface area contributed by atoms with Gasteiger partial charge in [-0.05, 0) is 58.7 Å². The molecule has 0 aliphatic heterocycles. The van der Waals surface area contributed by atoms with Crippen LogP contribution >= 0.6 is 66.4 Å². The van der Waals surface area contributed by atoms with Crippen molar-refractivity contribution in [3.8, 4) is 0 Å². The Morgan fingerprint density at radius 2 is 1.95 bits per heavy atom. The predicted octanol–water partition coefficient (Wildman–Crippen LogP) is 6.67. The highest BCUT2D eigenvalue weighted by molar-refractivity contribution is 9.11. The Labute approximate surface area is 149 Å². The summed E-state index contributed by atoms with van der Waals surface area (Å²) in [6, 6.07) is 7.94. The van der Waals surface area contributed by atoms with E-state index in [2.05, 4.69) is 50.2 Å². The molecule has 1 atom stereocenters. The molecule has 1 unspecified atom stereocenters. The van der Waals surface area contributed by atoms with E-state index in [1.54, 1.807) is 11.3 Å². The fourth-order valence-corrected chi connectivity index (χ4v) is 4.34. The van der Waals surface area contributed by atoms with Crippen LogP contribution in [0.5, 0.6) is 0 Å². The first kappa shape index (κ1) is 16.8. The number of benzene rings is 1. The van der Waals surface area contributed by atoms with Gasteiger partial charge in [-0.25, -0.2) is 0 Å². The number of halogens is 4. The van der Waals surface area contributed by atoms with Crippen LogP contribution in [0.25, 0.3) is 0 Å². The van der Waals surface area contributed by atoms with Crippen molar-refractivity contribution in [1.82, 2.24) is 5.32 Å². The van der Waals surface area contributed by atoms with Crippen LogP contribution in [-0.2, 0) is 0 Å². The fourth-order valence-electron chi connectivity index (χ4n) is 1.89. The average Bonchev–Trinajstić information content (AvgIpc) is 2.74. The zero-order chi connectivity index (χ0) is 14.7. The van der Waals surface area contributed by atoms with Gasteiger partial charge < -0.3 is 5.32 Å². The number of rotatable bonds is 5. The molecule has 0 saturated carbocycles. The molecular weight excluding hydrogens is 445 g/mol. The smallest absolute Gasteiger partial charge is 0.0888 e. The third-order valence-corrected chi connectivity index (χ3v) is 6.19. The van der Waals surface area contributed by atoms with Crippen LogP contribution in [0.3, 0.4) is 0 Å². The Kier molecular flexibility index (Phi) is 6.39. The maximum atomic E-state index is 6.37. The van der Waals surface area contributed by atoms with Crippen LogP contribution in [0.15, 0.2) is 32.5 Å². The van der Waals surface area contributed by atoms with E-state index in [1.165, 1.54) is 0 Å². The molecule has 0 amide bonds. The molecule has 0 saturated heterocycles. The van der Waals surface area contributed by atoms with Crippen molar-refractivity contribution in [2.24, 2.45) is 0 Å². The lowest BCUT2D eigenvalue weighted by Crippen LogP contribution is -2.22. The largest absolute Gasteiger partial charge is 0.306 e. The number of hydrogen-bond acceptors (Lipinski definition) is 2. The van der Waals surface area contributed by atoms with Gasteiger partial charge in [0.15, 0.2) is 0 Å². The van der Waals surface area contributed by atoms with E-state index in [1.807, 2.05) is 18.2 Å². The maximum Gasteiger partial charge on any atom is 0.0888 e. The van der Waals surface area contributed by atoms with Gasteiger partial charge in [-0.2, -0.15) is 0 Å². The first-order valence-electron chi connectivity index (χ1n) is 6.16. The van der Waals surface area contributed by atoms with Crippen LogP contribution in [-0.4, -0.2) is 6.54 Å². The highest BCUT2D eigenvalue weighted by Crippen LogP contribution is 2.39. The van der Waals surface area contributed by atoms with Gasteiger partial charge in [0.1, 0.15) is 0 Å². The van der Waals surface area contributed by atoms with E-state index in [0.717, 1.165) is 41.7 Å². The quantitative estimate of drug-likeness (QED) is 0.528. The van der Waals surface area contributed by atoms with Gasteiger partial charge in [0.25, 0.3) is 0 Å². The van der Waals surface area contributed by atoms with Crippen molar-refractivity contribution in [3.63, 3.8) is 0 Å². The molecule has 1 N–H and O–H groups in total. The van der Waals surface area contributed by atoms with Crippen molar-refractivity contribution in [1.29, 1.82) is 0 Å². The van der Waals surface area contributed by atoms with E-state index in [0.29, 0.717) is 0 Å². The van der Waals surface area contributed by atoms with Crippen LogP contribution in [0.1, 0.15) is 29.8 Å². The molecule has 6 heteroatoms. The lowest BCUT2D eigenvalue weighted by Gasteiger charge is -2.19. The monoisotopic (exact) mass is 455 g/mol. The normalized spacial score (nSPS) is 12.7. The summed E-state index contributed by atoms with van der Waals surface area (Å²) in [5.74, 6) is 0. The second kappa shape index (κ2) is 7.61. The molecule has 20 heavy (non-hydrogen) atoms. The minimum atomic E-state index is 0.0498. The number of nitrogens with one attached hydrogen (secondary N) is 1. The summed E-state index contributed by atoms with van der Waals surface area (Å²) < 4.78 is 1.96. The Morgan fingerprint density at radius 3 is 2.55 bits per heavy atom. The van der Waals surface area contributed by atoms with Crippen LogP contribution < -0.4 is 5.32 Å². The van der Waals surface area contributed by atoms with Gasteiger partial charge in [-0.1, -0.05) is 46.1 Å². The molecule has 1 aromatic heterocycles. The summed E-state index contributed by atoms with van der Waals surface area (Å²) >= 11 is 21.1.